The summed E-state index contributed by atoms with van der Waals surface area (Å²) in [6.45, 7) is 0. The van der Waals surface area contributed by atoms with Crippen molar-refractivity contribution in [3.05, 3.63) is 100 Å². The van der Waals surface area contributed by atoms with Crippen molar-refractivity contribution in [1.82, 2.24) is 9.55 Å². The lowest BCUT2D eigenvalue weighted by Gasteiger charge is -2.13. The molecule has 0 fully saturated rings. The first-order valence-corrected chi connectivity index (χ1v) is 11.0. The summed E-state index contributed by atoms with van der Waals surface area (Å²) < 4.78 is 1.40. The summed E-state index contributed by atoms with van der Waals surface area (Å²) >= 11 is 0. The van der Waals surface area contributed by atoms with E-state index in [2.05, 4.69) is 17.1 Å². The van der Waals surface area contributed by atoms with E-state index in [1.54, 1.807) is 30.5 Å². The number of pyridine rings is 2. The molecule has 0 atom stereocenters. The second-order valence-corrected chi connectivity index (χ2v) is 7.90. The maximum Gasteiger partial charge on any atom is 0.271 e. The number of rotatable bonds is 9. The van der Waals surface area contributed by atoms with Crippen molar-refractivity contribution < 1.29 is 9.90 Å². The fourth-order valence-electron chi connectivity index (χ4n) is 4.01. The summed E-state index contributed by atoms with van der Waals surface area (Å²) in [5.74, 6) is -0.606. The van der Waals surface area contributed by atoms with Gasteiger partial charge in [0, 0.05) is 12.6 Å². The van der Waals surface area contributed by atoms with Crippen molar-refractivity contribution in [3.8, 4) is 11.4 Å². The molecule has 0 amide bonds. The smallest absolute Gasteiger partial charge is 0.271 e. The van der Waals surface area contributed by atoms with Gasteiger partial charge < -0.3 is 5.11 Å². The maximum atomic E-state index is 13.3. The number of Topliss-reactive ketones (excluding diaryl/α,β-unsaturated/α-hetero) is 1. The number of unbranched alkanes of at least 4 members (excludes halogenated alkanes) is 3. The lowest BCUT2D eigenvalue weighted by atomic mass is 10.0. The van der Waals surface area contributed by atoms with E-state index >= 15 is 0 Å². The highest BCUT2D eigenvalue weighted by atomic mass is 16.3. The number of carbonyl (C=O) groups excluding carboxylic acids is 1. The van der Waals surface area contributed by atoms with Crippen LogP contribution in [0, 0.1) is 0 Å². The number of fused-ring (bicyclic) bond motifs is 1. The van der Waals surface area contributed by atoms with E-state index < -0.39 is 5.56 Å². The highest BCUT2D eigenvalue weighted by Crippen LogP contribution is 2.27. The third-order valence-electron chi connectivity index (χ3n) is 5.66. The largest absolute Gasteiger partial charge is 0.506 e. The summed E-state index contributed by atoms with van der Waals surface area (Å²) in [6, 6.07) is 22.8. The average molecular weight is 427 g/mol. The molecule has 4 aromatic rings. The number of hydrogen-bond acceptors (Lipinski definition) is 4. The molecule has 162 valence electrons. The molecule has 0 aliphatic heterocycles. The van der Waals surface area contributed by atoms with Gasteiger partial charge in [-0.05, 0) is 49.1 Å². The van der Waals surface area contributed by atoms with Gasteiger partial charge >= 0.3 is 0 Å². The second kappa shape index (κ2) is 10.1. The zero-order valence-electron chi connectivity index (χ0n) is 17.9. The molecule has 2 aromatic carbocycles. The molecule has 0 saturated heterocycles. The Hall–Kier alpha value is -3.73. The van der Waals surface area contributed by atoms with Crippen LogP contribution < -0.4 is 5.56 Å². The van der Waals surface area contributed by atoms with E-state index in [-0.39, 0.29) is 23.5 Å². The van der Waals surface area contributed by atoms with E-state index in [0.717, 1.165) is 25.7 Å². The van der Waals surface area contributed by atoms with Crippen LogP contribution in [0.15, 0.2) is 83.8 Å². The van der Waals surface area contributed by atoms with E-state index in [9.17, 15) is 14.7 Å². The predicted molar refractivity (Wildman–Crippen MR) is 127 cm³/mol. The van der Waals surface area contributed by atoms with Gasteiger partial charge in [0.1, 0.15) is 11.3 Å². The topological polar surface area (TPSA) is 72.2 Å². The molecule has 32 heavy (non-hydrogen) atoms. The molecule has 4 rings (SSSR count). The van der Waals surface area contributed by atoms with Crippen molar-refractivity contribution in [2.24, 2.45) is 0 Å². The number of hydrogen-bond donors (Lipinski definition) is 1. The highest BCUT2D eigenvalue weighted by molar-refractivity contribution is 6.03. The van der Waals surface area contributed by atoms with Gasteiger partial charge in [-0.15, -0.1) is 0 Å². The Morgan fingerprint density at radius 1 is 0.844 bits per heavy atom. The van der Waals surface area contributed by atoms with Gasteiger partial charge in [0.2, 0.25) is 0 Å². The lowest BCUT2D eigenvalue weighted by Crippen LogP contribution is -2.26. The van der Waals surface area contributed by atoms with Crippen molar-refractivity contribution in [1.29, 1.82) is 0 Å². The molecule has 0 unspecified atom stereocenters. The number of benzene rings is 2. The van der Waals surface area contributed by atoms with Crippen LogP contribution >= 0.6 is 0 Å². The molecule has 0 radical (unpaired) electrons. The zero-order chi connectivity index (χ0) is 22.3. The third-order valence-corrected chi connectivity index (χ3v) is 5.66. The first-order chi connectivity index (χ1) is 15.7. The van der Waals surface area contributed by atoms with Crippen LogP contribution in [0.4, 0.5) is 0 Å². The molecule has 2 heterocycles. The third kappa shape index (κ3) is 4.62. The number of nitrogens with zero attached hydrogens (tertiary/aromatic N) is 2. The summed E-state index contributed by atoms with van der Waals surface area (Å²) in [5, 5.41) is 11.2. The van der Waals surface area contributed by atoms with Crippen molar-refractivity contribution >= 4 is 16.8 Å². The Kier molecular flexibility index (Phi) is 6.75. The van der Waals surface area contributed by atoms with Crippen LogP contribution in [-0.2, 0) is 6.42 Å². The van der Waals surface area contributed by atoms with Crippen LogP contribution in [0.5, 0.6) is 5.75 Å². The number of aromatic hydroxyl groups is 1. The normalized spacial score (nSPS) is 11.0. The van der Waals surface area contributed by atoms with Crippen LogP contribution in [0.25, 0.3) is 16.7 Å². The van der Waals surface area contributed by atoms with Gasteiger partial charge in [0.25, 0.3) is 5.56 Å². The van der Waals surface area contributed by atoms with E-state index in [0.29, 0.717) is 23.1 Å². The Morgan fingerprint density at radius 2 is 1.53 bits per heavy atom. The molecule has 1 N–H and O–H groups in total. The van der Waals surface area contributed by atoms with Crippen LogP contribution in [0.1, 0.15) is 48.0 Å². The van der Waals surface area contributed by atoms with E-state index in [1.807, 2.05) is 36.4 Å². The fourth-order valence-corrected chi connectivity index (χ4v) is 4.01. The molecule has 2 aromatic heterocycles. The summed E-state index contributed by atoms with van der Waals surface area (Å²) in [7, 11) is 0. The van der Waals surface area contributed by atoms with Gasteiger partial charge in [-0.25, -0.2) is 4.98 Å². The SMILES string of the molecule is O=C(CCCCCCc1ccccc1)c1c(O)c2cccnc2n(-c2ccccc2)c1=O. The van der Waals surface area contributed by atoms with Crippen LogP contribution in [0.2, 0.25) is 0 Å². The minimum atomic E-state index is -0.533. The predicted octanol–water partition coefficient (Wildman–Crippen LogP) is 5.47. The minimum Gasteiger partial charge on any atom is -0.506 e. The second-order valence-electron chi connectivity index (χ2n) is 7.90. The first-order valence-electron chi connectivity index (χ1n) is 11.0. The van der Waals surface area contributed by atoms with Gasteiger partial charge in [-0.1, -0.05) is 61.4 Å². The fraction of sp³-hybridized carbons (Fsp3) is 0.222. The molecule has 0 bridgehead atoms. The lowest BCUT2D eigenvalue weighted by molar-refractivity contribution is 0.0975. The summed E-state index contributed by atoms with van der Waals surface area (Å²) in [5.41, 5.74) is 1.57. The molecule has 0 saturated carbocycles. The zero-order valence-corrected chi connectivity index (χ0v) is 17.9. The van der Waals surface area contributed by atoms with Crippen LogP contribution in [0.3, 0.4) is 0 Å². The van der Waals surface area contributed by atoms with E-state index in [1.165, 1.54) is 10.1 Å². The molecule has 0 spiro atoms. The van der Waals surface area contributed by atoms with Gasteiger partial charge in [0.05, 0.1) is 11.1 Å². The molecular weight excluding hydrogens is 400 g/mol. The molecular formula is C27H26N2O3. The molecule has 5 nitrogen and oxygen atoms in total. The van der Waals surface area contributed by atoms with Gasteiger partial charge in [-0.3, -0.25) is 14.2 Å². The number of aromatic nitrogens is 2. The maximum absolute atomic E-state index is 13.3. The Balaban J connectivity index is 1.50. The highest BCUT2D eigenvalue weighted by Gasteiger charge is 2.23. The summed E-state index contributed by atoms with van der Waals surface area (Å²) in [4.78, 5) is 30.5. The van der Waals surface area contributed by atoms with Crippen molar-refractivity contribution in [2.75, 3.05) is 0 Å². The van der Waals surface area contributed by atoms with Crippen molar-refractivity contribution in [2.45, 2.75) is 38.5 Å². The van der Waals surface area contributed by atoms with Gasteiger partial charge in [-0.2, -0.15) is 0 Å². The number of ketones is 1. The Labute approximate surface area is 187 Å². The standard InChI is InChI=1S/C27H26N2O3/c30-23(18-10-2-1-5-12-20-13-6-3-7-14-20)24-25(31)22-17-11-19-28-26(22)29(27(24)32)21-15-8-4-9-16-21/h3-4,6-9,11,13-17,19,31H,1-2,5,10,12,18H2. The number of carbonyl (C=O) groups is 1. The molecule has 0 aliphatic rings. The molecule has 0 aliphatic carbocycles. The monoisotopic (exact) mass is 426 g/mol. The Morgan fingerprint density at radius 3 is 2.28 bits per heavy atom. The quantitative estimate of drug-likeness (QED) is 0.285. The summed E-state index contributed by atoms with van der Waals surface area (Å²) in [6.07, 6.45) is 6.49. The number of aryl methyl sites for hydroxylation is 1. The Bertz CT molecular complexity index is 1260. The number of para-hydroxylation sites is 1. The van der Waals surface area contributed by atoms with Crippen LogP contribution in [-0.4, -0.2) is 20.4 Å². The minimum absolute atomic E-state index is 0.154. The van der Waals surface area contributed by atoms with Crippen molar-refractivity contribution in [3.63, 3.8) is 0 Å². The first kappa shape index (κ1) is 21.5. The van der Waals surface area contributed by atoms with E-state index in [4.69, 9.17) is 0 Å². The van der Waals surface area contributed by atoms with Gasteiger partial charge in [0.15, 0.2) is 11.4 Å². The average Bonchev–Trinajstić information content (AvgIpc) is 2.83. The molecule has 5 heteroatoms.